The number of aromatic hydroxyl groups is 1. The number of anilines is 1. The minimum absolute atomic E-state index is 0.121. The molecule has 0 bridgehead atoms. The molecule has 142 valence electrons. The molecule has 6 heteroatoms. The maximum atomic E-state index is 13.1. The lowest BCUT2D eigenvalue weighted by atomic mass is 9.94. The summed E-state index contributed by atoms with van der Waals surface area (Å²) in [6, 6.07) is 14.0. The smallest absolute Gasteiger partial charge is 0.328 e. The van der Waals surface area contributed by atoms with Crippen LogP contribution in [0.25, 0.3) is 0 Å². The number of esters is 1. The van der Waals surface area contributed by atoms with E-state index in [2.05, 4.69) is 0 Å². The van der Waals surface area contributed by atoms with E-state index in [1.807, 2.05) is 42.2 Å². The highest BCUT2D eigenvalue weighted by Crippen LogP contribution is 2.25. The number of likely N-dealkylation sites (N-methyl/N-ethyl adjacent to an activating group) is 1. The maximum absolute atomic E-state index is 13.1. The number of amides is 1. The highest BCUT2D eigenvalue weighted by atomic mass is 16.5. The van der Waals surface area contributed by atoms with Gasteiger partial charge in [-0.3, -0.25) is 4.79 Å². The Bertz CT molecular complexity index is 836. The van der Waals surface area contributed by atoms with E-state index >= 15 is 0 Å². The monoisotopic (exact) mass is 368 g/mol. The summed E-state index contributed by atoms with van der Waals surface area (Å²) in [5.41, 5.74) is 2.88. The van der Waals surface area contributed by atoms with Crippen molar-refractivity contribution in [2.45, 2.75) is 25.9 Å². The first kappa shape index (κ1) is 18.8. The molecule has 0 spiro atoms. The molecule has 0 saturated carbocycles. The average Bonchev–Trinajstić information content (AvgIpc) is 2.70. The highest BCUT2D eigenvalue weighted by molar-refractivity contribution is 5.88. The number of carbonyl (C=O) groups is 2. The van der Waals surface area contributed by atoms with Crippen LogP contribution in [0.2, 0.25) is 0 Å². The van der Waals surface area contributed by atoms with E-state index in [4.69, 9.17) is 4.74 Å². The number of nitrogens with zero attached hydrogens (tertiary/aromatic N) is 2. The van der Waals surface area contributed by atoms with Crippen molar-refractivity contribution >= 4 is 17.6 Å². The van der Waals surface area contributed by atoms with Gasteiger partial charge in [0.15, 0.2) is 0 Å². The van der Waals surface area contributed by atoms with E-state index in [1.54, 1.807) is 23.1 Å². The van der Waals surface area contributed by atoms with Gasteiger partial charge in [-0.15, -0.1) is 0 Å². The van der Waals surface area contributed by atoms with Crippen LogP contribution in [0.4, 0.5) is 5.69 Å². The number of carbonyl (C=O) groups excluding carboxylic acids is 2. The lowest BCUT2D eigenvalue weighted by Crippen LogP contribution is -2.52. The number of benzene rings is 2. The third kappa shape index (κ3) is 4.05. The summed E-state index contributed by atoms with van der Waals surface area (Å²) >= 11 is 0. The predicted molar refractivity (Wildman–Crippen MR) is 102 cm³/mol. The number of phenols is 1. The first-order valence-corrected chi connectivity index (χ1v) is 9.01. The number of methoxy groups -OCH3 is 1. The molecule has 2 aromatic rings. The molecule has 6 nitrogen and oxygen atoms in total. The topological polar surface area (TPSA) is 70.1 Å². The summed E-state index contributed by atoms with van der Waals surface area (Å²) in [7, 11) is 1.34. The molecule has 1 amide bonds. The van der Waals surface area contributed by atoms with Gasteiger partial charge in [-0.05, 0) is 30.2 Å². The molecule has 1 atom stereocenters. The first-order valence-electron chi connectivity index (χ1n) is 9.01. The molecule has 27 heavy (non-hydrogen) atoms. The molecule has 1 unspecified atom stereocenters. The lowest BCUT2D eigenvalue weighted by Gasteiger charge is -2.36. The summed E-state index contributed by atoms with van der Waals surface area (Å²) in [6.07, 6.45) is 0.451. The Kier molecular flexibility index (Phi) is 5.64. The van der Waals surface area contributed by atoms with Crippen LogP contribution in [0.1, 0.15) is 18.1 Å². The van der Waals surface area contributed by atoms with E-state index in [1.165, 1.54) is 7.11 Å². The fraction of sp³-hybridized carbons (Fsp3) is 0.333. The Balaban J connectivity index is 1.83. The maximum Gasteiger partial charge on any atom is 0.328 e. The van der Waals surface area contributed by atoms with E-state index in [0.29, 0.717) is 19.5 Å². The molecule has 1 aliphatic rings. The Morgan fingerprint density at radius 1 is 1.19 bits per heavy atom. The van der Waals surface area contributed by atoms with Crippen LogP contribution in [-0.4, -0.2) is 48.1 Å². The lowest BCUT2D eigenvalue weighted by molar-refractivity contribution is -0.153. The predicted octanol–water partition coefficient (Wildman–Crippen LogP) is 2.34. The summed E-state index contributed by atoms with van der Waals surface area (Å²) in [6.45, 7) is 3.05. The molecule has 2 aromatic carbocycles. The minimum atomic E-state index is -0.625. The molecule has 3 rings (SSSR count). The summed E-state index contributed by atoms with van der Waals surface area (Å²) < 4.78 is 4.94. The molecule has 0 radical (unpaired) electrons. The largest absolute Gasteiger partial charge is 0.508 e. The zero-order valence-corrected chi connectivity index (χ0v) is 15.6. The fourth-order valence-electron chi connectivity index (χ4n) is 3.46. The number of hydrogen-bond donors (Lipinski definition) is 1. The van der Waals surface area contributed by atoms with E-state index in [-0.39, 0.29) is 18.2 Å². The van der Waals surface area contributed by atoms with Crippen molar-refractivity contribution in [3.05, 3.63) is 59.7 Å². The van der Waals surface area contributed by atoms with E-state index in [9.17, 15) is 14.7 Å². The third-order valence-electron chi connectivity index (χ3n) is 4.94. The van der Waals surface area contributed by atoms with Crippen molar-refractivity contribution in [3.8, 4) is 5.75 Å². The summed E-state index contributed by atoms with van der Waals surface area (Å²) in [5, 5.41) is 9.71. The molecular weight excluding hydrogens is 344 g/mol. The zero-order valence-electron chi connectivity index (χ0n) is 15.6. The molecule has 0 fully saturated rings. The van der Waals surface area contributed by atoms with Crippen molar-refractivity contribution in [3.63, 3.8) is 0 Å². The number of rotatable bonds is 5. The van der Waals surface area contributed by atoms with Crippen molar-refractivity contribution in [1.29, 1.82) is 0 Å². The van der Waals surface area contributed by atoms with Gasteiger partial charge >= 0.3 is 5.97 Å². The van der Waals surface area contributed by atoms with Crippen molar-refractivity contribution < 1.29 is 19.4 Å². The van der Waals surface area contributed by atoms with Gasteiger partial charge in [-0.25, -0.2) is 4.79 Å². The molecular formula is C21H24N2O4. The quantitative estimate of drug-likeness (QED) is 0.821. The first-order chi connectivity index (χ1) is 13.0. The highest BCUT2D eigenvalue weighted by Gasteiger charge is 2.35. The van der Waals surface area contributed by atoms with Crippen molar-refractivity contribution in [1.82, 2.24) is 4.90 Å². The van der Waals surface area contributed by atoms with Crippen molar-refractivity contribution in [2.24, 2.45) is 0 Å². The second kappa shape index (κ2) is 8.12. The third-order valence-corrected chi connectivity index (χ3v) is 4.94. The minimum Gasteiger partial charge on any atom is -0.508 e. The SMILES string of the molecule is CCN(CC(=O)N1Cc2ccccc2CC1C(=O)OC)c1cccc(O)c1. The Morgan fingerprint density at radius 3 is 2.59 bits per heavy atom. The van der Waals surface area contributed by atoms with Gasteiger partial charge in [0.1, 0.15) is 11.8 Å². The summed E-state index contributed by atoms with van der Waals surface area (Å²) in [4.78, 5) is 28.8. The average molecular weight is 368 g/mol. The van der Waals surface area contributed by atoms with Crippen LogP contribution in [0.5, 0.6) is 5.75 Å². The van der Waals surface area contributed by atoms with Gasteiger partial charge in [-0.2, -0.15) is 0 Å². The van der Waals surface area contributed by atoms with E-state index < -0.39 is 12.0 Å². The number of ether oxygens (including phenoxy) is 1. The fourth-order valence-corrected chi connectivity index (χ4v) is 3.46. The molecule has 0 saturated heterocycles. The number of hydrogen-bond acceptors (Lipinski definition) is 5. The van der Waals surface area contributed by atoms with Crippen LogP contribution in [0, 0.1) is 0 Å². The van der Waals surface area contributed by atoms with Crippen LogP contribution in [-0.2, 0) is 27.3 Å². The second-order valence-corrected chi connectivity index (χ2v) is 6.57. The molecule has 0 aromatic heterocycles. The van der Waals surface area contributed by atoms with Crippen LogP contribution in [0.3, 0.4) is 0 Å². The van der Waals surface area contributed by atoms with Gasteiger partial charge < -0.3 is 19.6 Å². The van der Waals surface area contributed by atoms with Gasteiger partial charge in [0, 0.05) is 31.3 Å². The van der Waals surface area contributed by atoms with E-state index in [0.717, 1.165) is 16.8 Å². The van der Waals surface area contributed by atoms with Gasteiger partial charge in [0.25, 0.3) is 0 Å². The summed E-state index contributed by atoms with van der Waals surface area (Å²) in [5.74, 6) is -0.402. The number of phenolic OH excluding ortho intramolecular Hbond substituents is 1. The van der Waals surface area contributed by atoms with Crippen LogP contribution < -0.4 is 4.90 Å². The zero-order chi connectivity index (χ0) is 19.4. The molecule has 1 N–H and O–H groups in total. The van der Waals surface area contributed by atoms with Gasteiger partial charge in [-0.1, -0.05) is 30.3 Å². The van der Waals surface area contributed by atoms with Gasteiger partial charge in [0.2, 0.25) is 5.91 Å². The van der Waals surface area contributed by atoms with Crippen LogP contribution >= 0.6 is 0 Å². The van der Waals surface area contributed by atoms with Crippen molar-refractivity contribution in [2.75, 3.05) is 25.1 Å². The van der Waals surface area contributed by atoms with Crippen LogP contribution in [0.15, 0.2) is 48.5 Å². The number of fused-ring (bicyclic) bond motifs is 1. The second-order valence-electron chi connectivity index (χ2n) is 6.57. The molecule has 1 aliphatic heterocycles. The molecule has 1 heterocycles. The molecule has 0 aliphatic carbocycles. The Labute approximate surface area is 159 Å². The Morgan fingerprint density at radius 2 is 1.93 bits per heavy atom. The Hall–Kier alpha value is -3.02. The standard InChI is InChI=1S/C21H24N2O4/c1-3-22(17-9-6-10-18(24)12-17)14-20(25)23-13-16-8-5-4-7-15(16)11-19(23)21(26)27-2/h4-10,12,19,24H,3,11,13-14H2,1-2H3. The normalized spacial score (nSPS) is 15.8. The van der Waals surface area contributed by atoms with Gasteiger partial charge in [0.05, 0.1) is 13.7 Å².